The Hall–Kier alpha value is -0.320. The number of aliphatic hydroxyl groups excluding tert-OH is 4. The van der Waals surface area contributed by atoms with Crippen LogP contribution in [0.2, 0.25) is 0 Å². The molecule has 5 N–H and O–H groups in total. The molecule has 0 aliphatic carbocycles. The zero-order valence-corrected chi connectivity index (χ0v) is 19.1. The van der Waals surface area contributed by atoms with Gasteiger partial charge in [-0.1, -0.05) is 42.6 Å². The maximum atomic E-state index is 11.0. The Morgan fingerprint density at radius 2 is 1.67 bits per heavy atom. The quantitative estimate of drug-likeness (QED) is 0.0750. The number of oxime groups is 1. The average molecular weight is 494 g/mol. The van der Waals surface area contributed by atoms with Gasteiger partial charge in [0, 0.05) is 22.8 Å². The fourth-order valence-corrected chi connectivity index (χ4v) is 4.75. The van der Waals surface area contributed by atoms with Crippen LogP contribution in [0.4, 0.5) is 0 Å². The number of unbranched alkanes of at least 4 members (excludes halogenated alkanes) is 5. The van der Waals surface area contributed by atoms with Crippen LogP contribution in [0.25, 0.3) is 0 Å². The van der Waals surface area contributed by atoms with Crippen LogP contribution in [0.5, 0.6) is 0 Å². The lowest BCUT2D eigenvalue weighted by Gasteiger charge is -2.39. The summed E-state index contributed by atoms with van der Waals surface area (Å²) in [6.45, 7) is -0.596. The second-order valence-electron chi connectivity index (χ2n) is 6.95. The van der Waals surface area contributed by atoms with Crippen molar-refractivity contribution in [3.05, 3.63) is 0 Å². The number of ether oxygens (including phenoxy) is 1. The number of aliphatic hydroxyl groups is 4. The Morgan fingerprint density at radius 1 is 1.07 bits per heavy atom. The average Bonchev–Trinajstić information content (AvgIpc) is 2.67. The van der Waals surface area contributed by atoms with Gasteiger partial charge in [-0.05, 0) is 19.3 Å². The van der Waals surface area contributed by atoms with E-state index in [-0.39, 0.29) is 11.5 Å². The number of hydrogen-bond acceptors (Lipinski definition) is 11. The van der Waals surface area contributed by atoms with Gasteiger partial charge in [-0.25, -0.2) is 4.28 Å². The molecule has 1 aliphatic heterocycles. The molecule has 14 heteroatoms. The zero-order chi connectivity index (χ0) is 22.7. The van der Waals surface area contributed by atoms with Gasteiger partial charge in [0.2, 0.25) is 0 Å². The van der Waals surface area contributed by atoms with E-state index in [9.17, 15) is 33.1 Å². The summed E-state index contributed by atoms with van der Waals surface area (Å²) in [6, 6.07) is 0. The molecule has 0 aromatic heterocycles. The molecule has 6 atom stereocenters. The summed E-state index contributed by atoms with van der Waals surface area (Å²) in [5.74, 6) is 0.680. The van der Waals surface area contributed by atoms with Crippen molar-refractivity contribution in [2.24, 2.45) is 5.16 Å². The first-order valence-electron chi connectivity index (χ1n) is 9.55. The molecule has 0 aromatic rings. The third kappa shape index (κ3) is 10.8. The van der Waals surface area contributed by atoms with Gasteiger partial charge < -0.3 is 25.2 Å². The number of hydrogen-bond donors (Lipinski definition) is 5. The van der Waals surface area contributed by atoms with Crippen LogP contribution in [0, 0.1) is 0 Å². The van der Waals surface area contributed by atoms with Crippen LogP contribution in [-0.4, -0.2) is 91.1 Å². The molecule has 0 bridgehead atoms. The van der Waals surface area contributed by atoms with Crippen LogP contribution in [0.3, 0.4) is 0 Å². The summed E-state index contributed by atoms with van der Waals surface area (Å²) in [5.41, 5.74) is -1.14. The van der Waals surface area contributed by atoms with Crippen molar-refractivity contribution in [1.82, 2.24) is 0 Å². The van der Waals surface area contributed by atoms with Gasteiger partial charge in [0.15, 0.2) is 0 Å². The summed E-state index contributed by atoms with van der Waals surface area (Å²) in [4.78, 5) is 0. The minimum absolute atomic E-state index is 0.0957. The predicted molar refractivity (Wildman–Crippen MR) is 113 cm³/mol. The molecule has 0 spiro atoms. The molecule has 1 aliphatic rings. The third-order valence-electron chi connectivity index (χ3n) is 4.41. The second-order valence-corrected chi connectivity index (χ2v) is 10.7. The van der Waals surface area contributed by atoms with Gasteiger partial charge in [-0.15, -0.1) is 0 Å². The normalized spacial score (nSPS) is 29.0. The lowest BCUT2D eigenvalue weighted by Crippen LogP contribution is -2.57. The molecule has 1 rings (SSSR count). The standard InChI is InChI=1S/C16H31NO10S3/c1-29(22)9-7-5-3-2-4-6-8-12(17-27-30(23,24)25)28-16-15(21)14(20)13(19)11(10-18)26-16/h11,13-16,18-21H,2-10H2,1H3,(H,23,24,25)/b17-12-/t11-,13-,14+,15-,16+,29?/m1/s1. The highest BCUT2D eigenvalue weighted by Gasteiger charge is 2.44. The SMILES string of the molecule is CS(=O)CCCCCCCC/C(=N/OS(=O)(=O)O)S[C@@H]1O[C@H](CO)[C@@H](O)[C@H](O)[C@H]1O. The minimum atomic E-state index is -4.82. The summed E-state index contributed by atoms with van der Waals surface area (Å²) in [7, 11) is -5.61. The van der Waals surface area contributed by atoms with Crippen LogP contribution >= 0.6 is 11.8 Å². The van der Waals surface area contributed by atoms with Crippen LogP contribution < -0.4 is 0 Å². The molecular weight excluding hydrogens is 462 g/mol. The highest BCUT2D eigenvalue weighted by atomic mass is 32.3. The van der Waals surface area contributed by atoms with Gasteiger partial charge in [-0.3, -0.25) is 8.76 Å². The molecule has 0 amide bonds. The maximum Gasteiger partial charge on any atom is 0.466 e. The molecule has 178 valence electrons. The largest absolute Gasteiger partial charge is 0.466 e. The van der Waals surface area contributed by atoms with E-state index in [1.165, 1.54) is 0 Å². The van der Waals surface area contributed by atoms with Crippen molar-refractivity contribution in [2.45, 2.75) is 74.8 Å². The molecule has 1 unspecified atom stereocenters. The Labute approximate surface area is 183 Å². The van der Waals surface area contributed by atoms with E-state index in [1.807, 2.05) is 0 Å². The summed E-state index contributed by atoms with van der Waals surface area (Å²) >= 11 is 0.776. The Kier molecular flexibility index (Phi) is 12.9. The van der Waals surface area contributed by atoms with Crippen molar-refractivity contribution < 1.29 is 46.6 Å². The maximum absolute atomic E-state index is 11.0. The molecule has 1 heterocycles. The van der Waals surface area contributed by atoms with Crippen molar-refractivity contribution >= 4 is 38.0 Å². The Balaban J connectivity index is 2.58. The molecule has 30 heavy (non-hydrogen) atoms. The molecule has 1 saturated heterocycles. The summed E-state index contributed by atoms with van der Waals surface area (Å²) in [6.07, 6.45) is 1.35. The Morgan fingerprint density at radius 3 is 2.23 bits per heavy atom. The molecule has 0 aromatic carbocycles. The number of nitrogens with zero attached hydrogens (tertiary/aromatic N) is 1. The van der Waals surface area contributed by atoms with Gasteiger partial charge in [-0.2, -0.15) is 8.42 Å². The van der Waals surface area contributed by atoms with E-state index in [2.05, 4.69) is 9.44 Å². The van der Waals surface area contributed by atoms with Gasteiger partial charge in [0.05, 0.1) is 6.61 Å². The molecule has 0 radical (unpaired) electrons. The van der Waals surface area contributed by atoms with Crippen LogP contribution in [-0.2, 0) is 30.2 Å². The van der Waals surface area contributed by atoms with Gasteiger partial charge in [0.1, 0.15) is 34.9 Å². The highest BCUT2D eigenvalue weighted by Crippen LogP contribution is 2.30. The van der Waals surface area contributed by atoms with Gasteiger partial charge >= 0.3 is 10.4 Å². The molecular formula is C16H31NO10S3. The topological polar surface area (TPSA) is 183 Å². The van der Waals surface area contributed by atoms with E-state index < -0.39 is 57.7 Å². The van der Waals surface area contributed by atoms with E-state index in [1.54, 1.807) is 6.26 Å². The van der Waals surface area contributed by atoms with Crippen molar-refractivity contribution in [3.63, 3.8) is 0 Å². The van der Waals surface area contributed by atoms with E-state index in [4.69, 9.17) is 9.29 Å². The number of thioether (sulfide) groups is 1. The first-order chi connectivity index (χ1) is 14.0. The van der Waals surface area contributed by atoms with E-state index >= 15 is 0 Å². The van der Waals surface area contributed by atoms with Crippen LogP contribution in [0.15, 0.2) is 5.16 Å². The third-order valence-corrected chi connectivity index (χ3v) is 6.71. The smallest absolute Gasteiger partial charge is 0.394 e. The number of rotatable bonds is 13. The lowest BCUT2D eigenvalue weighted by molar-refractivity contribution is -0.205. The summed E-state index contributed by atoms with van der Waals surface area (Å²) in [5, 5.41) is 42.5. The summed E-state index contributed by atoms with van der Waals surface area (Å²) < 4.78 is 50.8. The first kappa shape index (κ1) is 27.7. The van der Waals surface area contributed by atoms with E-state index in [0.717, 1.165) is 43.9 Å². The fraction of sp³-hybridized carbons (Fsp3) is 0.938. The lowest BCUT2D eigenvalue weighted by atomic mass is 10.0. The van der Waals surface area contributed by atoms with Crippen LogP contribution in [0.1, 0.15) is 44.9 Å². The Bertz CT molecular complexity index is 658. The van der Waals surface area contributed by atoms with Crippen molar-refractivity contribution in [3.8, 4) is 0 Å². The molecule has 11 nitrogen and oxygen atoms in total. The highest BCUT2D eigenvalue weighted by molar-refractivity contribution is 8.14. The fourth-order valence-electron chi connectivity index (χ4n) is 2.80. The molecule has 0 saturated carbocycles. The van der Waals surface area contributed by atoms with Crippen molar-refractivity contribution in [1.29, 1.82) is 0 Å². The van der Waals surface area contributed by atoms with Gasteiger partial charge in [0.25, 0.3) is 0 Å². The second kappa shape index (κ2) is 14.0. The first-order valence-corrected chi connectivity index (χ1v) is 13.5. The minimum Gasteiger partial charge on any atom is -0.394 e. The zero-order valence-electron chi connectivity index (χ0n) is 16.7. The monoisotopic (exact) mass is 493 g/mol. The van der Waals surface area contributed by atoms with Crippen molar-refractivity contribution in [2.75, 3.05) is 18.6 Å². The van der Waals surface area contributed by atoms with E-state index in [0.29, 0.717) is 12.2 Å². The molecule has 1 fully saturated rings. The predicted octanol–water partition coefficient (Wildman–Crippen LogP) is -0.238.